The average Bonchev–Trinajstić information content (AvgIpc) is 3.01. The smallest absolute Gasteiger partial charge is 0.116 e. The molecule has 4 rings (SSSR count). The molecule has 4 aromatic carbocycles. The fourth-order valence-corrected chi connectivity index (χ4v) is 4.35. The van der Waals surface area contributed by atoms with Gasteiger partial charge in [0.1, 0.15) is 18.3 Å². The average molecular weight is 539 g/mol. The van der Waals surface area contributed by atoms with Crippen LogP contribution in [0, 0.1) is 0 Å². The van der Waals surface area contributed by atoms with Gasteiger partial charge in [-0.1, -0.05) is 128 Å². The molecule has 0 fully saturated rings. The van der Waals surface area contributed by atoms with Crippen LogP contribution in [-0.2, 0) is 45.4 Å². The predicted molar refractivity (Wildman–Crippen MR) is 157 cm³/mol. The third kappa shape index (κ3) is 9.56. The number of benzene rings is 4. The first kappa shape index (κ1) is 29.4. The summed E-state index contributed by atoms with van der Waals surface area (Å²) >= 11 is 0. The molecule has 0 unspecified atom stereocenters. The van der Waals surface area contributed by atoms with E-state index < -0.39 is 18.3 Å². The Bertz CT molecular complexity index is 1230. The van der Waals surface area contributed by atoms with Crippen molar-refractivity contribution in [3.05, 3.63) is 156 Å². The lowest BCUT2D eigenvalue weighted by atomic mass is 10.0. The zero-order chi connectivity index (χ0) is 27.8. The van der Waals surface area contributed by atoms with Gasteiger partial charge in [-0.3, -0.25) is 0 Å². The molecule has 0 aliphatic heterocycles. The van der Waals surface area contributed by atoms with Gasteiger partial charge in [0.2, 0.25) is 0 Å². The van der Waals surface area contributed by atoms with Crippen LogP contribution in [0.3, 0.4) is 0 Å². The monoisotopic (exact) mass is 538 g/mol. The fraction of sp³-hybridized carbons (Fsp3) is 0.257. The van der Waals surface area contributed by atoms with Crippen molar-refractivity contribution in [1.29, 1.82) is 0 Å². The Morgan fingerprint density at radius 2 is 0.950 bits per heavy atom. The highest BCUT2D eigenvalue weighted by molar-refractivity contribution is 5.17. The van der Waals surface area contributed by atoms with E-state index >= 15 is 0 Å². The van der Waals surface area contributed by atoms with E-state index in [4.69, 9.17) is 18.9 Å². The van der Waals surface area contributed by atoms with Crippen LogP contribution in [0.2, 0.25) is 0 Å². The van der Waals surface area contributed by atoms with Gasteiger partial charge in [0.25, 0.3) is 0 Å². The van der Waals surface area contributed by atoms with Crippen LogP contribution in [0.15, 0.2) is 133 Å². The molecule has 0 radical (unpaired) electrons. The van der Waals surface area contributed by atoms with Gasteiger partial charge in [0.15, 0.2) is 0 Å². The van der Waals surface area contributed by atoms with Crippen molar-refractivity contribution < 1.29 is 24.1 Å². The molecule has 0 spiro atoms. The molecule has 40 heavy (non-hydrogen) atoms. The van der Waals surface area contributed by atoms with Gasteiger partial charge in [-0.2, -0.15) is 0 Å². The Labute approximate surface area is 237 Å². The van der Waals surface area contributed by atoms with Crippen molar-refractivity contribution in [2.24, 2.45) is 0 Å². The molecule has 208 valence electrons. The van der Waals surface area contributed by atoms with Gasteiger partial charge in [-0.25, -0.2) is 0 Å². The molecule has 0 aliphatic rings. The molecule has 5 heteroatoms. The third-order valence-corrected chi connectivity index (χ3v) is 6.51. The number of ether oxygens (including phenoxy) is 4. The maximum absolute atomic E-state index is 10.5. The highest BCUT2D eigenvalue weighted by Gasteiger charge is 2.34. The minimum absolute atomic E-state index is 0.240. The van der Waals surface area contributed by atoms with Gasteiger partial charge in [-0.15, -0.1) is 0 Å². The summed E-state index contributed by atoms with van der Waals surface area (Å²) in [5.41, 5.74) is 4.84. The molecule has 4 aromatic rings. The zero-order valence-corrected chi connectivity index (χ0v) is 22.8. The largest absolute Gasteiger partial charge is 0.394 e. The van der Waals surface area contributed by atoms with Gasteiger partial charge in [-0.05, 0) is 27.8 Å². The molecule has 5 nitrogen and oxygen atoms in total. The second-order valence-electron chi connectivity index (χ2n) is 9.63. The lowest BCUT2D eigenvalue weighted by Crippen LogP contribution is -2.46. The number of aliphatic hydroxyl groups excluding tert-OH is 1. The molecule has 0 heterocycles. The molecule has 0 aliphatic carbocycles. The van der Waals surface area contributed by atoms with Crippen molar-refractivity contribution >= 4 is 0 Å². The summed E-state index contributed by atoms with van der Waals surface area (Å²) in [7, 11) is 0. The molecule has 0 amide bonds. The van der Waals surface area contributed by atoms with Crippen molar-refractivity contribution in [3.63, 3.8) is 0 Å². The van der Waals surface area contributed by atoms with Crippen LogP contribution < -0.4 is 0 Å². The third-order valence-electron chi connectivity index (χ3n) is 6.51. The SMILES string of the molecule is C=C(COCc1ccccc1)[C@@H](OCc1ccccc1)[C@H](OCc1ccccc1)[C@H](CO)OCc1ccccc1. The summed E-state index contributed by atoms with van der Waals surface area (Å²) in [6, 6.07) is 39.8. The number of rotatable bonds is 17. The van der Waals surface area contributed by atoms with Crippen LogP contribution >= 0.6 is 0 Å². The van der Waals surface area contributed by atoms with Crippen LogP contribution in [0.5, 0.6) is 0 Å². The summed E-state index contributed by atoms with van der Waals surface area (Å²) in [5.74, 6) is 0. The Hall–Kier alpha value is -3.58. The lowest BCUT2D eigenvalue weighted by molar-refractivity contribution is -0.153. The summed E-state index contributed by atoms with van der Waals surface area (Å²) in [6.45, 7) is 5.85. The first-order valence-corrected chi connectivity index (χ1v) is 13.6. The molecular formula is C35H38O5. The number of hydrogen-bond acceptors (Lipinski definition) is 5. The van der Waals surface area contributed by atoms with E-state index in [2.05, 4.69) is 6.58 Å². The zero-order valence-electron chi connectivity index (χ0n) is 22.8. The molecule has 0 aromatic heterocycles. The fourth-order valence-electron chi connectivity index (χ4n) is 4.35. The molecule has 0 saturated carbocycles. The van der Waals surface area contributed by atoms with Crippen LogP contribution in [0.25, 0.3) is 0 Å². The predicted octanol–water partition coefficient (Wildman–Crippen LogP) is 6.51. The normalized spacial score (nSPS) is 13.4. The van der Waals surface area contributed by atoms with E-state index in [-0.39, 0.29) is 13.2 Å². The van der Waals surface area contributed by atoms with Crippen molar-refractivity contribution in [1.82, 2.24) is 0 Å². The lowest BCUT2D eigenvalue weighted by Gasteiger charge is -2.34. The van der Waals surface area contributed by atoms with Crippen LogP contribution in [0.4, 0.5) is 0 Å². The minimum Gasteiger partial charge on any atom is -0.394 e. The van der Waals surface area contributed by atoms with Crippen LogP contribution in [-0.4, -0.2) is 36.6 Å². The quantitative estimate of drug-likeness (QED) is 0.155. The standard InChI is InChI=1S/C35H38O5/c1-28(23-37-24-29-14-6-2-7-15-29)34(39-26-31-18-10-4-11-19-31)35(40-27-32-20-12-5-13-21-32)33(22-36)38-25-30-16-8-3-9-17-30/h2-21,33-36H,1,22-27H2/t33-,34+,35+/m0/s1. The summed E-state index contributed by atoms with van der Waals surface area (Å²) in [5, 5.41) is 10.5. The number of hydrogen-bond donors (Lipinski definition) is 1. The van der Waals surface area contributed by atoms with Crippen molar-refractivity contribution in [2.75, 3.05) is 13.2 Å². The van der Waals surface area contributed by atoms with Crippen molar-refractivity contribution in [2.45, 2.75) is 44.7 Å². The highest BCUT2D eigenvalue weighted by Crippen LogP contribution is 2.23. The van der Waals surface area contributed by atoms with E-state index in [1.54, 1.807) is 0 Å². The maximum atomic E-state index is 10.5. The maximum Gasteiger partial charge on any atom is 0.116 e. The van der Waals surface area contributed by atoms with Gasteiger partial charge < -0.3 is 24.1 Å². The van der Waals surface area contributed by atoms with Gasteiger partial charge in [0.05, 0.1) is 39.6 Å². The molecule has 0 bridgehead atoms. The summed E-state index contributed by atoms with van der Waals surface area (Å²) in [4.78, 5) is 0. The Morgan fingerprint density at radius 3 is 1.40 bits per heavy atom. The number of aliphatic hydroxyl groups is 1. The molecule has 3 atom stereocenters. The Balaban J connectivity index is 1.53. The van der Waals surface area contributed by atoms with Crippen LogP contribution in [0.1, 0.15) is 22.3 Å². The Kier molecular flexibility index (Phi) is 12.1. The summed E-state index contributed by atoms with van der Waals surface area (Å²) < 4.78 is 25.2. The second kappa shape index (κ2) is 16.5. The van der Waals surface area contributed by atoms with E-state index in [0.29, 0.717) is 32.0 Å². The minimum atomic E-state index is -0.657. The highest BCUT2D eigenvalue weighted by atomic mass is 16.6. The molecule has 0 saturated heterocycles. The molecular weight excluding hydrogens is 500 g/mol. The van der Waals surface area contributed by atoms with E-state index in [1.165, 1.54) is 0 Å². The topological polar surface area (TPSA) is 57.2 Å². The Morgan fingerprint density at radius 1 is 0.550 bits per heavy atom. The van der Waals surface area contributed by atoms with Crippen molar-refractivity contribution in [3.8, 4) is 0 Å². The van der Waals surface area contributed by atoms with E-state index in [1.807, 2.05) is 121 Å². The van der Waals surface area contributed by atoms with Gasteiger partial charge >= 0.3 is 0 Å². The molecule has 1 N–H and O–H groups in total. The van der Waals surface area contributed by atoms with Gasteiger partial charge in [0, 0.05) is 0 Å². The first-order chi connectivity index (χ1) is 19.7. The van der Waals surface area contributed by atoms with E-state index in [0.717, 1.165) is 22.3 Å². The summed E-state index contributed by atoms with van der Waals surface area (Å²) in [6.07, 6.45) is -1.88. The first-order valence-electron chi connectivity index (χ1n) is 13.6. The second-order valence-corrected chi connectivity index (χ2v) is 9.63. The van der Waals surface area contributed by atoms with E-state index in [9.17, 15) is 5.11 Å².